The van der Waals surface area contributed by atoms with Gasteiger partial charge in [-0.05, 0) is 0 Å². The van der Waals surface area contributed by atoms with Crippen LogP contribution in [0.5, 0.6) is 0 Å². The molecule has 10 aliphatic rings. The summed E-state index contributed by atoms with van der Waals surface area (Å²) in [4.78, 5) is 21.0. The van der Waals surface area contributed by atoms with Crippen molar-refractivity contribution in [1.82, 2.24) is 0 Å². The van der Waals surface area contributed by atoms with Gasteiger partial charge in [-0.2, -0.15) is 0 Å². The van der Waals surface area contributed by atoms with Gasteiger partial charge in [-0.3, -0.25) is 0 Å². The molecule has 16 heavy (non-hydrogen) atoms. The zero-order valence-corrected chi connectivity index (χ0v) is 10.9. The normalized spacial score (nSPS) is 135. The molecule has 8 atom stereocenters. The van der Waals surface area contributed by atoms with Crippen LogP contribution in [-0.2, 0) is 11.3 Å². The van der Waals surface area contributed by atoms with Gasteiger partial charge in [-0.25, -0.2) is 0 Å². The number of carbonyl (C=O) groups is 1. The first kappa shape index (κ1) is 5.89. The van der Waals surface area contributed by atoms with E-state index in [0.717, 1.165) is 18.3 Å². The molecule has 8 unspecified atom stereocenters. The summed E-state index contributed by atoms with van der Waals surface area (Å²) in [6.07, 6.45) is 0. The number of Topliss-reactive ketones (excluding diaryl/α,β-unsaturated/α-hetero) is 1. The number of hydrogen-bond acceptors (Lipinski definition) is 1. The summed E-state index contributed by atoms with van der Waals surface area (Å²) in [5.41, 5.74) is 0. The quantitative estimate of drug-likeness (QED) is 0.645. The Hall–Kier alpha value is 0.189. The predicted octanol–water partition coefficient (Wildman–Crippen LogP) is 4.11. The predicted molar refractivity (Wildman–Crippen MR) is 56.4 cm³/mol. The fourth-order valence-electron chi connectivity index (χ4n) is 20.2. The molecule has 10 rings (SSSR count). The number of hydrogen-bond donors (Lipinski definition) is 0. The molecule has 10 fully saturated rings. The fourth-order valence-corrected chi connectivity index (χ4v) is 101. The van der Waals surface area contributed by atoms with Crippen LogP contribution in [0.4, 0.5) is 0 Å². The number of ketones is 1. The van der Waals surface area contributed by atoms with Gasteiger partial charge in [0.05, 0.1) is 0 Å². The first-order chi connectivity index (χ1) is 7.26. The molecule has 0 radical (unpaired) electrons. The van der Waals surface area contributed by atoms with Crippen LogP contribution in [0.3, 0.4) is 0 Å². The SMILES string of the molecule is CC(=O)[C]12[CH]3[CH]4[CH]5[CH]1[Fe]45321678[CH]2[CH]1[C]6(C)[CH]7[C]28C. The van der Waals surface area contributed by atoms with E-state index < -0.39 is 6.51 Å². The molecule has 0 N–H and O–H groups in total. The Labute approximate surface area is 84.6 Å². The summed E-state index contributed by atoms with van der Waals surface area (Å²) in [7, 11) is 0. The van der Waals surface area contributed by atoms with Crippen molar-refractivity contribution in [3.05, 3.63) is 0 Å². The number of fused-ring (bicyclic) bond motifs is 10. The molecule has 86 valence electrons. The average Bonchev–Trinajstić information content (AvgIpc) is 3.13. The van der Waals surface area contributed by atoms with Gasteiger partial charge in [0.2, 0.25) is 0 Å². The summed E-state index contributed by atoms with van der Waals surface area (Å²) in [5.74, 6) is 0.710. The Balaban J connectivity index is 1.90. The van der Waals surface area contributed by atoms with E-state index in [1.165, 1.54) is 24.1 Å². The number of carbonyl (C=O) groups excluding carboxylic acids is 1. The molecule has 0 saturated carbocycles. The van der Waals surface area contributed by atoms with Crippen LogP contribution in [0.15, 0.2) is 0 Å². The summed E-state index contributed by atoms with van der Waals surface area (Å²) in [5, 5.41) is 0. The van der Waals surface area contributed by atoms with E-state index in [1.807, 2.05) is 6.92 Å². The maximum absolute atomic E-state index is 12.5. The molecule has 0 bridgehead atoms. The minimum atomic E-state index is -3.28. The Morgan fingerprint density at radius 2 is 1.50 bits per heavy atom. The van der Waals surface area contributed by atoms with E-state index in [1.54, 1.807) is 0 Å². The van der Waals surface area contributed by atoms with Crippen molar-refractivity contribution in [1.29, 1.82) is 0 Å². The van der Waals surface area contributed by atoms with Crippen LogP contribution >= 0.6 is 0 Å². The van der Waals surface area contributed by atoms with Gasteiger partial charge < -0.3 is 0 Å². The van der Waals surface area contributed by atoms with Crippen LogP contribution in [0.25, 0.3) is 0 Å². The molecule has 10 heterocycles. The second-order valence-electron chi connectivity index (χ2n) is 11.2. The van der Waals surface area contributed by atoms with E-state index in [4.69, 9.17) is 0 Å². The molecule has 0 aromatic carbocycles. The minimum absolute atomic E-state index is 0.479. The molecule has 1 spiro atoms. The van der Waals surface area contributed by atoms with Gasteiger partial charge in [-0.15, -0.1) is 0 Å². The van der Waals surface area contributed by atoms with Crippen molar-refractivity contribution in [3.63, 3.8) is 0 Å². The third-order valence-electron chi connectivity index (χ3n) is 16.9. The molecule has 0 amide bonds. The molecule has 10 aliphatic heterocycles. The Morgan fingerprint density at radius 1 is 1.00 bits per heavy atom. The molecular formula is C14H16FeO. The van der Waals surface area contributed by atoms with Gasteiger partial charge in [0, 0.05) is 0 Å². The first-order valence-corrected chi connectivity index (χ1v) is 13.1. The standard InChI is InChI=1S/C7H7O.C7H9.Fe/c1-6(8)7-4-2-3-5-7;1-6-3-4-7(2)5-6;/h2-5H,1H3;3-5H,1-2H3;. The Morgan fingerprint density at radius 3 is 1.56 bits per heavy atom. The third kappa shape index (κ3) is 0.0411. The third-order valence-corrected chi connectivity index (χ3v) is 62.9. The Bertz CT molecular complexity index is 1080. The van der Waals surface area contributed by atoms with Crippen LogP contribution in [-0.4, -0.2) is 5.78 Å². The van der Waals surface area contributed by atoms with Crippen LogP contribution < -0.4 is 0 Å². The van der Waals surface area contributed by atoms with Gasteiger partial charge in [-0.1, -0.05) is 0 Å². The number of rotatable bonds is 1. The van der Waals surface area contributed by atoms with Gasteiger partial charge in [0.25, 0.3) is 0 Å². The van der Waals surface area contributed by atoms with E-state index in [0.29, 0.717) is 10.1 Å². The van der Waals surface area contributed by atoms with Gasteiger partial charge in [0.15, 0.2) is 0 Å². The van der Waals surface area contributed by atoms with Crippen LogP contribution in [0.1, 0.15) is 20.8 Å². The summed E-state index contributed by atoms with van der Waals surface area (Å²) >= 11 is 0. The van der Waals surface area contributed by atoms with E-state index in [-0.39, 0.29) is 0 Å². The topological polar surface area (TPSA) is 17.1 Å². The second kappa shape index (κ2) is 0.402. The molecule has 2 heteroatoms. The molecule has 1 nitrogen and oxygen atoms in total. The van der Waals surface area contributed by atoms with Crippen molar-refractivity contribution in [2.24, 2.45) is 0 Å². The first-order valence-electron chi connectivity index (χ1n) is 6.98. The van der Waals surface area contributed by atoms with E-state index in [2.05, 4.69) is 13.8 Å². The van der Waals surface area contributed by atoms with Gasteiger partial charge in [0.1, 0.15) is 0 Å². The zero-order chi connectivity index (χ0) is 10.4. The van der Waals surface area contributed by atoms with Crippen LogP contribution in [0, 0.1) is 0 Å². The van der Waals surface area contributed by atoms with Crippen molar-refractivity contribution in [2.45, 2.75) is 67.4 Å². The zero-order valence-electron chi connectivity index (χ0n) is 9.80. The second-order valence-corrected chi connectivity index (χ2v) is 34.6. The Kier molecular flexibility index (Phi) is 0.148. The molecule has 0 aromatic rings. The van der Waals surface area contributed by atoms with Gasteiger partial charge >= 0.3 is 84.5 Å². The molecular weight excluding hydrogens is 240 g/mol. The fraction of sp³-hybridized carbons (Fsp3) is 0.929. The average molecular weight is 256 g/mol. The van der Waals surface area contributed by atoms with Crippen molar-refractivity contribution in [2.75, 3.05) is 0 Å². The monoisotopic (exact) mass is 256 g/mol. The summed E-state index contributed by atoms with van der Waals surface area (Å²) in [6.45, 7) is 4.12. The maximum atomic E-state index is 12.5. The molecule has 0 aromatic heterocycles. The summed E-state index contributed by atoms with van der Waals surface area (Å²) in [6, 6.07) is 0. The van der Waals surface area contributed by atoms with Crippen molar-refractivity contribution in [3.8, 4) is 0 Å². The van der Waals surface area contributed by atoms with Crippen molar-refractivity contribution >= 4 is 5.78 Å². The van der Waals surface area contributed by atoms with Crippen LogP contribution in [0.2, 0.25) is 46.7 Å². The molecule has 0 aliphatic carbocycles. The van der Waals surface area contributed by atoms with E-state index >= 15 is 0 Å². The van der Waals surface area contributed by atoms with Crippen molar-refractivity contribution < 1.29 is 11.3 Å². The van der Waals surface area contributed by atoms with E-state index in [9.17, 15) is 4.79 Å². The molecule has 10 saturated heterocycles. The summed E-state index contributed by atoms with van der Waals surface area (Å²) < 4.78 is 2.24.